The third-order valence-corrected chi connectivity index (χ3v) is 5.82. The quantitative estimate of drug-likeness (QED) is 0.271. The number of carbonyl (C=O) groups excluding carboxylic acids is 1. The standard InChI is InChI=1S/C26H22Cl2O5/c1-2-30-25(29)13-9-18-8-12-24-26(33-16-32-24)20(18)14-17-6-10-19(11-7-17)31-15-21-22(27)4-3-5-23(21)28/h3-13H,2,14-16H2,1H3/b13-9+. The van der Waals surface area contributed by atoms with E-state index < -0.39 is 0 Å². The molecule has 0 unspecified atom stereocenters. The summed E-state index contributed by atoms with van der Waals surface area (Å²) < 4.78 is 22.1. The zero-order valence-corrected chi connectivity index (χ0v) is 19.5. The van der Waals surface area contributed by atoms with Crippen LogP contribution in [-0.2, 0) is 22.6 Å². The molecule has 0 saturated carbocycles. The van der Waals surface area contributed by atoms with Crippen LogP contribution in [0.15, 0.2) is 60.7 Å². The van der Waals surface area contributed by atoms with E-state index in [1.54, 1.807) is 31.2 Å². The highest BCUT2D eigenvalue weighted by Gasteiger charge is 2.20. The zero-order valence-electron chi connectivity index (χ0n) is 18.0. The number of rotatable bonds is 8. The average molecular weight is 485 g/mol. The molecule has 0 saturated heterocycles. The lowest BCUT2D eigenvalue weighted by Gasteiger charge is -2.12. The van der Waals surface area contributed by atoms with Gasteiger partial charge >= 0.3 is 5.97 Å². The molecule has 0 amide bonds. The van der Waals surface area contributed by atoms with Crippen molar-refractivity contribution in [1.29, 1.82) is 0 Å². The molecule has 0 bridgehead atoms. The highest BCUT2D eigenvalue weighted by Crippen LogP contribution is 2.39. The first-order valence-corrected chi connectivity index (χ1v) is 11.2. The summed E-state index contributed by atoms with van der Waals surface area (Å²) in [6.45, 7) is 2.55. The molecular formula is C26H22Cl2O5. The summed E-state index contributed by atoms with van der Waals surface area (Å²) in [6, 6.07) is 16.9. The number of esters is 1. The molecule has 0 fully saturated rings. The molecule has 1 heterocycles. The van der Waals surface area contributed by atoms with Gasteiger partial charge < -0.3 is 18.9 Å². The molecular weight excluding hydrogens is 463 g/mol. The fraction of sp³-hybridized carbons (Fsp3) is 0.192. The van der Waals surface area contributed by atoms with Crippen molar-refractivity contribution in [2.75, 3.05) is 13.4 Å². The van der Waals surface area contributed by atoms with E-state index in [-0.39, 0.29) is 19.4 Å². The summed E-state index contributed by atoms with van der Waals surface area (Å²) in [5.74, 6) is 1.70. The smallest absolute Gasteiger partial charge is 0.330 e. The van der Waals surface area contributed by atoms with E-state index in [4.69, 9.17) is 42.1 Å². The molecule has 0 radical (unpaired) electrons. The fourth-order valence-electron chi connectivity index (χ4n) is 3.47. The largest absolute Gasteiger partial charge is 0.489 e. The van der Waals surface area contributed by atoms with Crippen LogP contribution < -0.4 is 14.2 Å². The molecule has 0 aromatic heterocycles. The maximum Gasteiger partial charge on any atom is 0.330 e. The summed E-state index contributed by atoms with van der Waals surface area (Å²) in [4.78, 5) is 11.8. The molecule has 170 valence electrons. The van der Waals surface area contributed by atoms with Crippen LogP contribution >= 0.6 is 23.2 Å². The van der Waals surface area contributed by atoms with E-state index in [1.165, 1.54) is 6.08 Å². The predicted molar refractivity (Wildman–Crippen MR) is 128 cm³/mol. The molecule has 0 atom stereocenters. The van der Waals surface area contributed by atoms with Gasteiger partial charge in [-0.3, -0.25) is 0 Å². The molecule has 0 aliphatic carbocycles. The van der Waals surface area contributed by atoms with Crippen molar-refractivity contribution >= 4 is 35.2 Å². The lowest BCUT2D eigenvalue weighted by molar-refractivity contribution is -0.137. The summed E-state index contributed by atoms with van der Waals surface area (Å²) in [5, 5.41) is 1.14. The SMILES string of the molecule is CCOC(=O)/C=C/c1ccc2c(c1Cc1ccc(OCc3c(Cl)cccc3Cl)cc1)OCO2. The number of carbonyl (C=O) groups is 1. The van der Waals surface area contributed by atoms with Gasteiger partial charge in [0.25, 0.3) is 0 Å². The molecule has 3 aromatic carbocycles. The maximum absolute atomic E-state index is 11.8. The maximum atomic E-state index is 11.8. The minimum Gasteiger partial charge on any atom is -0.489 e. The van der Waals surface area contributed by atoms with Crippen LogP contribution in [0.25, 0.3) is 6.08 Å². The molecule has 3 aromatic rings. The number of benzene rings is 3. The van der Waals surface area contributed by atoms with E-state index >= 15 is 0 Å². The Morgan fingerprint density at radius 3 is 2.48 bits per heavy atom. The average Bonchev–Trinajstić information content (AvgIpc) is 3.29. The Hall–Kier alpha value is -3.15. The van der Waals surface area contributed by atoms with Crippen molar-refractivity contribution in [3.05, 3.63) is 93.0 Å². The van der Waals surface area contributed by atoms with Crippen molar-refractivity contribution in [2.24, 2.45) is 0 Å². The van der Waals surface area contributed by atoms with Gasteiger partial charge in [-0.05, 0) is 54.5 Å². The van der Waals surface area contributed by atoms with Gasteiger partial charge in [-0.2, -0.15) is 0 Å². The Labute approximate surface area is 202 Å². The van der Waals surface area contributed by atoms with Gasteiger partial charge in [0.05, 0.1) is 6.61 Å². The number of hydrogen-bond acceptors (Lipinski definition) is 5. The van der Waals surface area contributed by atoms with Crippen molar-refractivity contribution in [3.63, 3.8) is 0 Å². The Kier molecular flexibility index (Phi) is 7.43. The van der Waals surface area contributed by atoms with E-state index in [0.29, 0.717) is 40.3 Å². The molecule has 0 N–H and O–H groups in total. The molecule has 7 heteroatoms. The van der Waals surface area contributed by atoms with Gasteiger partial charge in [0, 0.05) is 33.7 Å². The Morgan fingerprint density at radius 2 is 1.76 bits per heavy atom. The van der Waals surface area contributed by atoms with Crippen LogP contribution in [0.4, 0.5) is 0 Å². The molecule has 0 spiro atoms. The van der Waals surface area contributed by atoms with Gasteiger partial charge in [-0.1, -0.05) is 47.5 Å². The van der Waals surface area contributed by atoms with Gasteiger partial charge in [0.1, 0.15) is 12.4 Å². The van der Waals surface area contributed by atoms with Crippen LogP contribution in [-0.4, -0.2) is 19.4 Å². The van der Waals surface area contributed by atoms with Crippen molar-refractivity contribution in [1.82, 2.24) is 0 Å². The molecule has 1 aliphatic rings. The second kappa shape index (κ2) is 10.6. The van der Waals surface area contributed by atoms with Gasteiger partial charge in [-0.15, -0.1) is 0 Å². The minimum atomic E-state index is -0.388. The lowest BCUT2D eigenvalue weighted by Crippen LogP contribution is -2.00. The van der Waals surface area contributed by atoms with Crippen molar-refractivity contribution < 1.29 is 23.7 Å². The first kappa shape index (κ1) is 23.0. The Bertz CT molecular complexity index is 1150. The van der Waals surface area contributed by atoms with Crippen molar-refractivity contribution in [3.8, 4) is 17.2 Å². The normalized spacial score (nSPS) is 12.2. The van der Waals surface area contributed by atoms with Crippen LogP contribution in [0.2, 0.25) is 10.0 Å². The number of halogens is 2. The number of hydrogen-bond donors (Lipinski definition) is 0. The minimum absolute atomic E-state index is 0.171. The zero-order chi connectivity index (χ0) is 23.2. The van der Waals surface area contributed by atoms with E-state index in [2.05, 4.69) is 0 Å². The van der Waals surface area contributed by atoms with Gasteiger partial charge in [0.15, 0.2) is 11.5 Å². The summed E-state index contributed by atoms with van der Waals surface area (Å²) in [7, 11) is 0. The monoisotopic (exact) mass is 484 g/mol. The van der Waals surface area contributed by atoms with E-state index in [9.17, 15) is 4.79 Å². The number of fused-ring (bicyclic) bond motifs is 1. The summed E-state index contributed by atoms with van der Waals surface area (Å²) >= 11 is 12.4. The van der Waals surface area contributed by atoms with Crippen LogP contribution in [0.1, 0.15) is 29.2 Å². The highest BCUT2D eigenvalue weighted by atomic mass is 35.5. The lowest BCUT2D eigenvalue weighted by atomic mass is 9.97. The van der Waals surface area contributed by atoms with Crippen LogP contribution in [0, 0.1) is 0 Å². The first-order valence-electron chi connectivity index (χ1n) is 10.5. The van der Waals surface area contributed by atoms with Gasteiger partial charge in [0.2, 0.25) is 6.79 Å². The third kappa shape index (κ3) is 5.62. The first-order chi connectivity index (χ1) is 16.0. The second-order valence-corrected chi connectivity index (χ2v) is 8.08. The molecule has 1 aliphatic heterocycles. The topological polar surface area (TPSA) is 54.0 Å². The Morgan fingerprint density at radius 1 is 1.00 bits per heavy atom. The summed E-state index contributed by atoms with van der Waals surface area (Å²) in [5.41, 5.74) is 3.59. The fourth-order valence-corrected chi connectivity index (χ4v) is 3.97. The highest BCUT2D eigenvalue weighted by molar-refractivity contribution is 6.35. The van der Waals surface area contributed by atoms with Crippen molar-refractivity contribution in [2.45, 2.75) is 20.0 Å². The van der Waals surface area contributed by atoms with Crippen LogP contribution in [0.3, 0.4) is 0 Å². The van der Waals surface area contributed by atoms with E-state index in [1.807, 2.05) is 36.4 Å². The number of ether oxygens (including phenoxy) is 4. The molecule has 4 rings (SSSR count). The second-order valence-electron chi connectivity index (χ2n) is 7.26. The summed E-state index contributed by atoms with van der Waals surface area (Å²) in [6.07, 6.45) is 3.74. The van der Waals surface area contributed by atoms with Crippen LogP contribution in [0.5, 0.6) is 17.2 Å². The third-order valence-electron chi connectivity index (χ3n) is 5.11. The predicted octanol–water partition coefficient (Wildman–Crippen LogP) is 6.47. The Balaban J connectivity index is 1.50. The molecule has 33 heavy (non-hydrogen) atoms. The van der Waals surface area contributed by atoms with Gasteiger partial charge in [-0.25, -0.2) is 4.79 Å². The van der Waals surface area contributed by atoms with E-state index in [0.717, 1.165) is 22.3 Å². The molecule has 5 nitrogen and oxygen atoms in total.